The van der Waals surface area contributed by atoms with Crippen LogP contribution in [0, 0.1) is 6.92 Å². The number of ether oxygens (including phenoxy) is 2. The van der Waals surface area contributed by atoms with E-state index in [1.165, 1.54) is 11.1 Å². The zero-order chi connectivity index (χ0) is 11.4. The first-order chi connectivity index (χ1) is 7.81. The molecule has 1 aliphatic rings. The Balaban J connectivity index is 2.12. The minimum Gasteiger partial charge on any atom is -0.486 e. The van der Waals surface area contributed by atoms with Crippen molar-refractivity contribution in [2.24, 2.45) is 0 Å². The van der Waals surface area contributed by atoms with Crippen molar-refractivity contribution in [3.63, 3.8) is 0 Å². The number of nitrogens with one attached hydrogen (secondary N) is 2. The Kier molecular flexibility index (Phi) is 3.64. The lowest BCUT2D eigenvalue weighted by Gasteiger charge is -2.20. The van der Waals surface area contributed by atoms with E-state index in [1.54, 1.807) is 0 Å². The standard InChI is InChI=1S/C12H18N2O2/c1-9-5-11-12(16-4-3-15-11)6-10(9)7-14-8-13-2/h5-6,13-14H,3-4,7-8H2,1-2H3. The third-order valence-electron chi connectivity index (χ3n) is 2.62. The van der Waals surface area contributed by atoms with Crippen LogP contribution in [0.2, 0.25) is 0 Å². The summed E-state index contributed by atoms with van der Waals surface area (Å²) in [4.78, 5) is 0. The molecule has 0 amide bonds. The molecule has 0 aromatic heterocycles. The minimum atomic E-state index is 0.638. The van der Waals surface area contributed by atoms with Crippen molar-refractivity contribution in [2.45, 2.75) is 13.5 Å². The van der Waals surface area contributed by atoms with Crippen LogP contribution in [0.4, 0.5) is 0 Å². The van der Waals surface area contributed by atoms with Crippen molar-refractivity contribution in [1.82, 2.24) is 10.6 Å². The highest BCUT2D eigenvalue weighted by Crippen LogP contribution is 2.32. The first kappa shape index (κ1) is 11.2. The van der Waals surface area contributed by atoms with Crippen LogP contribution in [-0.4, -0.2) is 26.9 Å². The Hall–Kier alpha value is -1.26. The van der Waals surface area contributed by atoms with E-state index in [1.807, 2.05) is 13.1 Å². The van der Waals surface area contributed by atoms with E-state index in [2.05, 4.69) is 23.6 Å². The highest BCUT2D eigenvalue weighted by atomic mass is 16.6. The highest BCUT2D eigenvalue weighted by Gasteiger charge is 2.13. The van der Waals surface area contributed by atoms with Crippen LogP contribution in [0.5, 0.6) is 11.5 Å². The van der Waals surface area contributed by atoms with Gasteiger partial charge in [-0.25, -0.2) is 0 Å². The summed E-state index contributed by atoms with van der Waals surface area (Å²) in [6.45, 7) is 5.01. The summed E-state index contributed by atoms with van der Waals surface area (Å²) in [5, 5.41) is 6.34. The molecular weight excluding hydrogens is 204 g/mol. The van der Waals surface area contributed by atoms with Crippen molar-refractivity contribution in [2.75, 3.05) is 26.9 Å². The molecule has 4 nitrogen and oxygen atoms in total. The summed E-state index contributed by atoms with van der Waals surface area (Å²) >= 11 is 0. The minimum absolute atomic E-state index is 0.638. The maximum absolute atomic E-state index is 5.56. The molecule has 1 heterocycles. The number of fused-ring (bicyclic) bond motifs is 1. The first-order valence-corrected chi connectivity index (χ1v) is 5.55. The molecule has 0 fully saturated rings. The second-order valence-corrected chi connectivity index (χ2v) is 3.88. The maximum atomic E-state index is 5.56. The molecule has 0 radical (unpaired) electrons. The van der Waals surface area contributed by atoms with Crippen LogP contribution >= 0.6 is 0 Å². The zero-order valence-electron chi connectivity index (χ0n) is 9.80. The van der Waals surface area contributed by atoms with Crippen molar-refractivity contribution < 1.29 is 9.47 Å². The van der Waals surface area contributed by atoms with Gasteiger partial charge in [0.15, 0.2) is 11.5 Å². The number of rotatable bonds is 4. The normalized spacial score (nSPS) is 13.9. The quantitative estimate of drug-likeness (QED) is 0.590. The molecule has 16 heavy (non-hydrogen) atoms. The van der Waals surface area contributed by atoms with Gasteiger partial charge in [-0.2, -0.15) is 0 Å². The predicted molar refractivity (Wildman–Crippen MR) is 62.9 cm³/mol. The summed E-state index contributed by atoms with van der Waals surface area (Å²) < 4.78 is 11.1. The first-order valence-electron chi connectivity index (χ1n) is 5.55. The molecule has 1 aromatic carbocycles. The third kappa shape index (κ3) is 2.46. The molecule has 0 saturated heterocycles. The smallest absolute Gasteiger partial charge is 0.161 e. The fraction of sp³-hybridized carbons (Fsp3) is 0.500. The average molecular weight is 222 g/mol. The SMILES string of the molecule is CNCNCc1cc2c(cc1C)OCCO2. The molecular formula is C12H18N2O2. The average Bonchev–Trinajstić information content (AvgIpc) is 2.30. The van der Waals surface area contributed by atoms with Gasteiger partial charge in [-0.05, 0) is 37.2 Å². The summed E-state index contributed by atoms with van der Waals surface area (Å²) in [6, 6.07) is 4.11. The molecule has 0 saturated carbocycles. The number of hydrogen-bond acceptors (Lipinski definition) is 4. The van der Waals surface area contributed by atoms with Gasteiger partial charge >= 0.3 is 0 Å². The topological polar surface area (TPSA) is 42.5 Å². The second-order valence-electron chi connectivity index (χ2n) is 3.88. The number of benzene rings is 1. The molecule has 1 aliphatic heterocycles. The monoisotopic (exact) mass is 222 g/mol. The van der Waals surface area contributed by atoms with Gasteiger partial charge in [0.2, 0.25) is 0 Å². The summed E-state index contributed by atoms with van der Waals surface area (Å²) in [5.74, 6) is 1.72. The fourth-order valence-corrected chi connectivity index (χ4v) is 1.75. The van der Waals surface area contributed by atoms with E-state index in [4.69, 9.17) is 9.47 Å². The van der Waals surface area contributed by atoms with Gasteiger partial charge in [0.1, 0.15) is 13.2 Å². The Morgan fingerprint density at radius 3 is 2.56 bits per heavy atom. The second kappa shape index (κ2) is 5.18. The van der Waals surface area contributed by atoms with Gasteiger partial charge in [-0.3, -0.25) is 0 Å². The van der Waals surface area contributed by atoms with Gasteiger partial charge in [-0.1, -0.05) is 0 Å². The van der Waals surface area contributed by atoms with Gasteiger partial charge in [0.05, 0.1) is 0 Å². The van der Waals surface area contributed by atoms with Crippen molar-refractivity contribution in [3.8, 4) is 11.5 Å². The summed E-state index contributed by atoms with van der Waals surface area (Å²) in [7, 11) is 1.92. The molecule has 2 N–H and O–H groups in total. The van der Waals surface area contributed by atoms with Crippen LogP contribution in [-0.2, 0) is 6.54 Å². The van der Waals surface area contributed by atoms with E-state index in [0.29, 0.717) is 13.2 Å². The Bertz CT molecular complexity index is 366. The van der Waals surface area contributed by atoms with Gasteiger partial charge < -0.3 is 20.1 Å². The lowest BCUT2D eigenvalue weighted by Crippen LogP contribution is -2.25. The number of hydrogen-bond donors (Lipinski definition) is 2. The Morgan fingerprint density at radius 1 is 1.19 bits per heavy atom. The Morgan fingerprint density at radius 2 is 1.88 bits per heavy atom. The van der Waals surface area contributed by atoms with Crippen LogP contribution in [0.1, 0.15) is 11.1 Å². The van der Waals surface area contributed by atoms with E-state index in [0.717, 1.165) is 24.7 Å². The summed E-state index contributed by atoms with van der Waals surface area (Å²) in [5.41, 5.74) is 2.48. The van der Waals surface area contributed by atoms with Crippen molar-refractivity contribution >= 4 is 0 Å². The molecule has 0 bridgehead atoms. The summed E-state index contributed by atoms with van der Waals surface area (Å²) in [6.07, 6.45) is 0. The van der Waals surface area contributed by atoms with Gasteiger partial charge in [0.25, 0.3) is 0 Å². The third-order valence-corrected chi connectivity index (χ3v) is 2.62. The van der Waals surface area contributed by atoms with E-state index < -0.39 is 0 Å². The molecule has 4 heteroatoms. The van der Waals surface area contributed by atoms with Crippen LogP contribution in [0.25, 0.3) is 0 Å². The van der Waals surface area contributed by atoms with Crippen LogP contribution < -0.4 is 20.1 Å². The molecule has 2 rings (SSSR count). The van der Waals surface area contributed by atoms with Crippen LogP contribution in [0.15, 0.2) is 12.1 Å². The Labute approximate surface area is 95.9 Å². The lowest BCUT2D eigenvalue weighted by molar-refractivity contribution is 0.171. The van der Waals surface area contributed by atoms with Crippen molar-refractivity contribution in [1.29, 1.82) is 0 Å². The van der Waals surface area contributed by atoms with Crippen molar-refractivity contribution in [3.05, 3.63) is 23.3 Å². The zero-order valence-corrected chi connectivity index (χ0v) is 9.80. The molecule has 0 unspecified atom stereocenters. The highest BCUT2D eigenvalue weighted by molar-refractivity contribution is 5.47. The molecule has 88 valence electrons. The van der Waals surface area contributed by atoms with E-state index in [9.17, 15) is 0 Å². The molecule has 0 spiro atoms. The van der Waals surface area contributed by atoms with Gasteiger partial charge in [0, 0.05) is 13.2 Å². The molecule has 0 aliphatic carbocycles. The molecule has 1 aromatic rings. The van der Waals surface area contributed by atoms with Crippen LogP contribution in [0.3, 0.4) is 0 Å². The molecule has 0 atom stereocenters. The van der Waals surface area contributed by atoms with E-state index >= 15 is 0 Å². The van der Waals surface area contributed by atoms with Gasteiger partial charge in [-0.15, -0.1) is 0 Å². The fourth-order valence-electron chi connectivity index (χ4n) is 1.75. The maximum Gasteiger partial charge on any atom is 0.161 e. The van der Waals surface area contributed by atoms with E-state index in [-0.39, 0.29) is 0 Å². The largest absolute Gasteiger partial charge is 0.486 e. The predicted octanol–water partition coefficient (Wildman–Crippen LogP) is 1.03. The lowest BCUT2D eigenvalue weighted by atomic mass is 10.1. The number of aryl methyl sites for hydroxylation is 1.